The summed E-state index contributed by atoms with van der Waals surface area (Å²) in [5.74, 6) is 0.578. The highest BCUT2D eigenvalue weighted by molar-refractivity contribution is 7.99. The standard InChI is InChI=1S/C19H22N2O2S/c1-14-10-12-21(13-17(14)23-2)19(22)15-6-8-16(9-7-15)24-18-5-3-4-11-20-18/h3-9,11,14,17H,10,12-13H2,1-2H3/t14-,17-/m1/s1. The number of aromatic nitrogens is 1. The minimum Gasteiger partial charge on any atom is -0.379 e. The van der Waals surface area contributed by atoms with Gasteiger partial charge in [-0.1, -0.05) is 24.8 Å². The van der Waals surface area contributed by atoms with Gasteiger partial charge in [0.25, 0.3) is 5.91 Å². The minimum absolute atomic E-state index is 0.0818. The van der Waals surface area contributed by atoms with E-state index in [1.54, 1.807) is 25.1 Å². The summed E-state index contributed by atoms with van der Waals surface area (Å²) in [5, 5.41) is 0.949. The highest BCUT2D eigenvalue weighted by atomic mass is 32.2. The Bertz CT molecular complexity index is 676. The Kier molecular flexibility index (Phi) is 5.53. The van der Waals surface area contributed by atoms with Crippen molar-refractivity contribution in [3.05, 3.63) is 54.2 Å². The van der Waals surface area contributed by atoms with Crippen molar-refractivity contribution in [2.75, 3.05) is 20.2 Å². The molecule has 1 aromatic heterocycles. The lowest BCUT2D eigenvalue weighted by atomic mass is 9.95. The third-order valence-corrected chi connectivity index (χ3v) is 5.40. The second-order valence-corrected chi connectivity index (χ2v) is 7.18. The third-order valence-electron chi connectivity index (χ3n) is 4.44. The fourth-order valence-electron chi connectivity index (χ4n) is 2.90. The van der Waals surface area contributed by atoms with Gasteiger partial charge >= 0.3 is 0 Å². The average Bonchev–Trinajstić information content (AvgIpc) is 2.63. The summed E-state index contributed by atoms with van der Waals surface area (Å²) in [4.78, 5) is 20.0. The lowest BCUT2D eigenvalue weighted by Gasteiger charge is -2.36. The number of amides is 1. The van der Waals surface area contributed by atoms with E-state index >= 15 is 0 Å². The van der Waals surface area contributed by atoms with Crippen LogP contribution in [0.15, 0.2) is 58.6 Å². The van der Waals surface area contributed by atoms with Crippen molar-refractivity contribution < 1.29 is 9.53 Å². The zero-order valence-corrected chi connectivity index (χ0v) is 14.8. The largest absolute Gasteiger partial charge is 0.379 e. The van der Waals surface area contributed by atoms with Crippen LogP contribution in [0.25, 0.3) is 0 Å². The van der Waals surface area contributed by atoms with Crippen LogP contribution in [0.2, 0.25) is 0 Å². The van der Waals surface area contributed by atoms with Gasteiger partial charge in [-0.05, 0) is 48.7 Å². The molecule has 0 spiro atoms. The Balaban J connectivity index is 1.66. The van der Waals surface area contributed by atoms with Crippen molar-refractivity contribution in [2.45, 2.75) is 29.4 Å². The van der Waals surface area contributed by atoms with Crippen molar-refractivity contribution in [1.82, 2.24) is 9.88 Å². The first-order valence-electron chi connectivity index (χ1n) is 8.18. The quantitative estimate of drug-likeness (QED) is 0.849. The maximum Gasteiger partial charge on any atom is 0.253 e. The fraction of sp³-hybridized carbons (Fsp3) is 0.368. The second-order valence-electron chi connectivity index (χ2n) is 6.09. The molecule has 126 valence electrons. The van der Waals surface area contributed by atoms with Gasteiger partial charge in [0.2, 0.25) is 0 Å². The van der Waals surface area contributed by atoms with Crippen LogP contribution >= 0.6 is 11.8 Å². The van der Waals surface area contributed by atoms with Crippen molar-refractivity contribution >= 4 is 17.7 Å². The molecule has 1 aromatic carbocycles. The molecule has 1 aliphatic heterocycles. The second kappa shape index (κ2) is 7.81. The molecule has 1 saturated heterocycles. The molecule has 1 fully saturated rings. The molecule has 1 amide bonds. The molecule has 2 heterocycles. The molecule has 2 atom stereocenters. The molecule has 0 N–H and O–H groups in total. The van der Waals surface area contributed by atoms with E-state index in [-0.39, 0.29) is 12.0 Å². The molecular formula is C19H22N2O2S. The zero-order valence-electron chi connectivity index (χ0n) is 14.0. The maximum absolute atomic E-state index is 12.7. The van der Waals surface area contributed by atoms with Gasteiger partial charge in [-0.15, -0.1) is 0 Å². The van der Waals surface area contributed by atoms with E-state index < -0.39 is 0 Å². The number of carbonyl (C=O) groups is 1. The summed E-state index contributed by atoms with van der Waals surface area (Å²) in [5.41, 5.74) is 0.727. The van der Waals surface area contributed by atoms with Gasteiger partial charge in [0.15, 0.2) is 0 Å². The van der Waals surface area contributed by atoms with E-state index in [9.17, 15) is 4.79 Å². The number of rotatable bonds is 4. The van der Waals surface area contributed by atoms with Crippen LogP contribution in [0, 0.1) is 5.92 Å². The zero-order chi connectivity index (χ0) is 16.9. The molecule has 5 heteroatoms. The van der Waals surface area contributed by atoms with E-state index in [0.717, 1.165) is 28.5 Å². The van der Waals surface area contributed by atoms with Gasteiger partial charge in [-0.2, -0.15) is 0 Å². The van der Waals surface area contributed by atoms with E-state index in [2.05, 4.69) is 11.9 Å². The van der Waals surface area contributed by atoms with Crippen LogP contribution in [0.3, 0.4) is 0 Å². The number of piperidine rings is 1. The third kappa shape index (κ3) is 3.97. The number of hydrogen-bond donors (Lipinski definition) is 0. The number of likely N-dealkylation sites (tertiary alicyclic amines) is 1. The van der Waals surface area contributed by atoms with Crippen LogP contribution in [0.4, 0.5) is 0 Å². The number of benzene rings is 1. The van der Waals surface area contributed by atoms with Crippen LogP contribution in [-0.2, 0) is 4.74 Å². The molecule has 24 heavy (non-hydrogen) atoms. The van der Waals surface area contributed by atoms with Crippen LogP contribution in [-0.4, -0.2) is 42.1 Å². The monoisotopic (exact) mass is 342 g/mol. The minimum atomic E-state index is 0.0818. The summed E-state index contributed by atoms with van der Waals surface area (Å²) >= 11 is 1.59. The lowest BCUT2D eigenvalue weighted by Crippen LogP contribution is -2.46. The van der Waals surface area contributed by atoms with Gasteiger partial charge in [-0.25, -0.2) is 4.98 Å². The van der Waals surface area contributed by atoms with E-state index in [0.29, 0.717) is 12.5 Å². The summed E-state index contributed by atoms with van der Waals surface area (Å²) < 4.78 is 5.50. The lowest BCUT2D eigenvalue weighted by molar-refractivity contribution is -0.00156. The average molecular weight is 342 g/mol. The predicted octanol–water partition coefficient (Wildman–Crippen LogP) is 3.73. The molecule has 3 rings (SSSR count). The van der Waals surface area contributed by atoms with Crippen LogP contribution in [0.5, 0.6) is 0 Å². The molecule has 0 radical (unpaired) electrons. The van der Waals surface area contributed by atoms with Crippen LogP contribution < -0.4 is 0 Å². The number of methoxy groups -OCH3 is 1. The molecular weight excluding hydrogens is 320 g/mol. The molecule has 0 aliphatic carbocycles. The first-order chi connectivity index (χ1) is 11.7. The Morgan fingerprint density at radius 3 is 2.71 bits per heavy atom. The summed E-state index contributed by atoms with van der Waals surface area (Å²) in [6, 6.07) is 13.6. The SMILES string of the molecule is CO[C@@H]1CN(C(=O)c2ccc(Sc3ccccn3)cc2)CC[C@H]1C. The van der Waals surface area contributed by atoms with Gasteiger partial charge in [-0.3, -0.25) is 4.79 Å². The van der Waals surface area contributed by atoms with Crippen molar-refractivity contribution in [3.8, 4) is 0 Å². The summed E-state index contributed by atoms with van der Waals surface area (Å²) in [6.07, 6.45) is 2.89. The van der Waals surface area contributed by atoms with Crippen LogP contribution in [0.1, 0.15) is 23.7 Å². The van der Waals surface area contributed by atoms with Crippen molar-refractivity contribution in [1.29, 1.82) is 0 Å². The number of carbonyl (C=O) groups excluding carboxylic acids is 1. The van der Waals surface area contributed by atoms with Crippen molar-refractivity contribution in [2.24, 2.45) is 5.92 Å². The Labute approximate surface area is 147 Å². The highest BCUT2D eigenvalue weighted by Crippen LogP contribution is 2.26. The van der Waals surface area contributed by atoms with E-state index in [1.807, 2.05) is 47.4 Å². The predicted molar refractivity (Wildman–Crippen MR) is 95.3 cm³/mol. The maximum atomic E-state index is 12.7. The Hall–Kier alpha value is -1.85. The molecule has 4 nitrogen and oxygen atoms in total. The molecule has 0 saturated carbocycles. The number of nitrogens with zero attached hydrogens (tertiary/aromatic N) is 2. The first-order valence-corrected chi connectivity index (χ1v) is 9.00. The highest BCUT2D eigenvalue weighted by Gasteiger charge is 2.29. The first kappa shape index (κ1) is 17.0. The van der Waals surface area contributed by atoms with Crippen molar-refractivity contribution in [3.63, 3.8) is 0 Å². The topological polar surface area (TPSA) is 42.4 Å². The molecule has 2 aromatic rings. The van der Waals surface area contributed by atoms with E-state index in [4.69, 9.17) is 4.74 Å². The van der Waals surface area contributed by atoms with Gasteiger partial charge in [0, 0.05) is 36.9 Å². The molecule has 0 bridgehead atoms. The molecule has 1 aliphatic rings. The normalized spacial score (nSPS) is 20.8. The van der Waals surface area contributed by atoms with Gasteiger partial charge < -0.3 is 9.64 Å². The van der Waals surface area contributed by atoms with Gasteiger partial charge in [0.05, 0.1) is 6.10 Å². The summed E-state index contributed by atoms with van der Waals surface area (Å²) in [6.45, 7) is 3.64. The van der Waals surface area contributed by atoms with Gasteiger partial charge in [0.1, 0.15) is 5.03 Å². The Morgan fingerprint density at radius 2 is 2.04 bits per heavy atom. The smallest absolute Gasteiger partial charge is 0.253 e. The number of pyridine rings is 1. The molecule has 0 unspecified atom stereocenters. The number of hydrogen-bond acceptors (Lipinski definition) is 4. The fourth-order valence-corrected chi connectivity index (χ4v) is 3.68. The van der Waals surface area contributed by atoms with E-state index in [1.165, 1.54) is 0 Å². The summed E-state index contributed by atoms with van der Waals surface area (Å²) in [7, 11) is 1.72. The number of ether oxygens (including phenoxy) is 1. The Morgan fingerprint density at radius 1 is 1.25 bits per heavy atom.